The van der Waals surface area contributed by atoms with Gasteiger partial charge in [0.05, 0.1) is 16.6 Å². The number of aromatic amines is 1. The Morgan fingerprint density at radius 1 is 1.17 bits per heavy atom. The molecule has 1 aromatic heterocycles. The van der Waals surface area contributed by atoms with Gasteiger partial charge in [-0.3, -0.25) is 0 Å². The molecule has 3 aromatic rings. The van der Waals surface area contributed by atoms with Crippen molar-refractivity contribution in [2.24, 2.45) is 0 Å². The number of nitrogens with one attached hydrogen (secondary N) is 1. The third-order valence-electron chi connectivity index (χ3n) is 2.69. The molecule has 0 unspecified atom stereocenters. The van der Waals surface area contributed by atoms with E-state index in [1.54, 1.807) is 18.2 Å². The normalized spacial score (nSPS) is 11.0. The molecule has 90 valence electrons. The number of nitrogen functional groups attached to an aromatic ring is 1. The van der Waals surface area contributed by atoms with E-state index in [1.165, 1.54) is 18.2 Å². The summed E-state index contributed by atoms with van der Waals surface area (Å²) in [5.74, 6) is 0.0713. The fraction of sp³-hybridized carbons (Fsp3) is 0. The summed E-state index contributed by atoms with van der Waals surface area (Å²) in [5.41, 5.74) is 8.16. The minimum atomic E-state index is -0.369. The van der Waals surface area contributed by atoms with Gasteiger partial charge in [-0.2, -0.15) is 0 Å². The van der Waals surface area contributed by atoms with Crippen molar-refractivity contribution in [1.29, 1.82) is 0 Å². The van der Waals surface area contributed by atoms with Gasteiger partial charge in [-0.15, -0.1) is 0 Å². The Kier molecular flexibility index (Phi) is 2.45. The molecule has 18 heavy (non-hydrogen) atoms. The predicted octanol–water partition coefficient (Wildman–Crippen LogP) is 3.60. The zero-order valence-electron chi connectivity index (χ0n) is 9.24. The van der Waals surface area contributed by atoms with Crippen LogP contribution in [-0.4, -0.2) is 9.97 Å². The number of H-pyrrole nitrogens is 1. The number of nitrogens with zero attached hydrogens (tertiary/aromatic N) is 1. The SMILES string of the molecule is Nc1ccc2nc(-c3cc(Cl)ccc3F)[nH]c2c1. The molecule has 2 aromatic carbocycles. The van der Waals surface area contributed by atoms with Crippen LogP contribution in [0, 0.1) is 5.82 Å². The summed E-state index contributed by atoms with van der Waals surface area (Å²) < 4.78 is 13.7. The van der Waals surface area contributed by atoms with E-state index in [0.29, 0.717) is 22.1 Å². The van der Waals surface area contributed by atoms with Crippen molar-refractivity contribution in [3.63, 3.8) is 0 Å². The standard InChI is InChI=1S/C13H9ClFN3/c14-7-1-3-10(15)9(5-7)13-17-11-4-2-8(16)6-12(11)18-13/h1-6H,16H2,(H,17,18). The molecule has 3 rings (SSSR count). The van der Waals surface area contributed by atoms with Crippen molar-refractivity contribution in [3.8, 4) is 11.4 Å². The van der Waals surface area contributed by atoms with E-state index in [9.17, 15) is 4.39 Å². The average Bonchev–Trinajstić information content (AvgIpc) is 2.74. The van der Waals surface area contributed by atoms with Gasteiger partial charge in [0.2, 0.25) is 0 Å². The van der Waals surface area contributed by atoms with Crippen molar-refractivity contribution < 1.29 is 4.39 Å². The second kappa shape index (κ2) is 3.99. The number of anilines is 1. The summed E-state index contributed by atoms with van der Waals surface area (Å²) in [4.78, 5) is 7.35. The van der Waals surface area contributed by atoms with Crippen molar-refractivity contribution >= 4 is 28.3 Å². The number of hydrogen-bond acceptors (Lipinski definition) is 2. The maximum atomic E-state index is 13.7. The van der Waals surface area contributed by atoms with E-state index in [4.69, 9.17) is 17.3 Å². The van der Waals surface area contributed by atoms with E-state index in [-0.39, 0.29) is 5.82 Å². The third kappa shape index (κ3) is 1.80. The van der Waals surface area contributed by atoms with Gasteiger partial charge in [0.15, 0.2) is 0 Å². The molecular formula is C13H9ClFN3. The molecule has 0 aliphatic heterocycles. The van der Waals surface area contributed by atoms with Crippen LogP contribution in [0.5, 0.6) is 0 Å². The fourth-order valence-corrected chi connectivity index (χ4v) is 2.01. The van der Waals surface area contributed by atoms with Gasteiger partial charge < -0.3 is 10.7 Å². The van der Waals surface area contributed by atoms with Crippen molar-refractivity contribution in [2.45, 2.75) is 0 Å². The maximum Gasteiger partial charge on any atom is 0.141 e. The molecular weight excluding hydrogens is 253 g/mol. The van der Waals surface area contributed by atoms with Gasteiger partial charge in [0, 0.05) is 10.7 Å². The second-order valence-corrected chi connectivity index (χ2v) is 4.42. The predicted molar refractivity (Wildman–Crippen MR) is 70.9 cm³/mol. The lowest BCUT2D eigenvalue weighted by Gasteiger charge is -1.99. The lowest BCUT2D eigenvalue weighted by Crippen LogP contribution is -1.86. The summed E-state index contributed by atoms with van der Waals surface area (Å²) in [6.07, 6.45) is 0. The molecule has 0 saturated heterocycles. The topological polar surface area (TPSA) is 54.7 Å². The molecule has 0 amide bonds. The summed E-state index contributed by atoms with van der Waals surface area (Å²) >= 11 is 5.86. The highest BCUT2D eigenvalue weighted by atomic mass is 35.5. The van der Waals surface area contributed by atoms with Crippen LogP contribution in [0.3, 0.4) is 0 Å². The maximum absolute atomic E-state index is 13.7. The van der Waals surface area contributed by atoms with Gasteiger partial charge in [-0.25, -0.2) is 9.37 Å². The van der Waals surface area contributed by atoms with Gasteiger partial charge in [0.1, 0.15) is 11.6 Å². The first-order chi connectivity index (χ1) is 8.63. The summed E-state index contributed by atoms with van der Waals surface area (Å²) in [5, 5.41) is 0.464. The Morgan fingerprint density at radius 3 is 2.83 bits per heavy atom. The van der Waals surface area contributed by atoms with Gasteiger partial charge in [-0.05, 0) is 36.4 Å². The Labute approximate surface area is 107 Å². The molecule has 0 aliphatic rings. The molecule has 0 atom stereocenters. The summed E-state index contributed by atoms with van der Waals surface area (Å²) in [7, 11) is 0. The highest BCUT2D eigenvalue weighted by molar-refractivity contribution is 6.30. The first-order valence-electron chi connectivity index (χ1n) is 5.34. The van der Waals surface area contributed by atoms with E-state index >= 15 is 0 Å². The molecule has 0 radical (unpaired) electrons. The Morgan fingerprint density at radius 2 is 2.00 bits per heavy atom. The van der Waals surface area contributed by atoms with E-state index in [1.807, 2.05) is 0 Å². The van der Waals surface area contributed by atoms with Crippen LogP contribution in [0.1, 0.15) is 0 Å². The molecule has 0 fully saturated rings. The van der Waals surface area contributed by atoms with Gasteiger partial charge >= 0.3 is 0 Å². The highest BCUT2D eigenvalue weighted by Crippen LogP contribution is 2.26. The quantitative estimate of drug-likeness (QED) is 0.658. The molecule has 0 bridgehead atoms. The second-order valence-electron chi connectivity index (χ2n) is 3.99. The summed E-state index contributed by atoms with van der Waals surface area (Å²) in [6, 6.07) is 9.65. The number of halogens is 2. The number of benzene rings is 2. The molecule has 0 aliphatic carbocycles. The summed E-state index contributed by atoms with van der Waals surface area (Å²) in [6.45, 7) is 0. The average molecular weight is 262 g/mol. The van der Waals surface area contributed by atoms with Crippen LogP contribution < -0.4 is 5.73 Å². The monoisotopic (exact) mass is 261 g/mol. The van der Waals surface area contributed by atoms with E-state index < -0.39 is 0 Å². The first-order valence-corrected chi connectivity index (χ1v) is 5.72. The van der Waals surface area contributed by atoms with Crippen LogP contribution in [-0.2, 0) is 0 Å². The molecule has 3 N–H and O–H groups in total. The zero-order chi connectivity index (χ0) is 12.7. The van der Waals surface area contributed by atoms with Crippen molar-refractivity contribution in [3.05, 3.63) is 47.2 Å². The van der Waals surface area contributed by atoms with E-state index in [2.05, 4.69) is 9.97 Å². The van der Waals surface area contributed by atoms with Crippen molar-refractivity contribution in [1.82, 2.24) is 9.97 Å². The Bertz CT molecular complexity index is 736. The molecule has 1 heterocycles. The molecule has 0 spiro atoms. The highest BCUT2D eigenvalue weighted by Gasteiger charge is 2.10. The number of nitrogens with two attached hydrogens (primary N) is 1. The lowest BCUT2D eigenvalue weighted by atomic mass is 10.2. The van der Waals surface area contributed by atoms with Crippen LogP contribution in [0.25, 0.3) is 22.4 Å². The van der Waals surface area contributed by atoms with Crippen molar-refractivity contribution in [2.75, 3.05) is 5.73 Å². The number of fused-ring (bicyclic) bond motifs is 1. The van der Waals surface area contributed by atoms with Crippen LogP contribution in [0.2, 0.25) is 5.02 Å². The number of imidazole rings is 1. The fourth-order valence-electron chi connectivity index (χ4n) is 1.83. The molecule has 3 nitrogen and oxygen atoms in total. The van der Waals surface area contributed by atoms with Gasteiger partial charge in [0.25, 0.3) is 0 Å². The van der Waals surface area contributed by atoms with Gasteiger partial charge in [-0.1, -0.05) is 11.6 Å². The van der Waals surface area contributed by atoms with E-state index in [0.717, 1.165) is 11.0 Å². The number of hydrogen-bond donors (Lipinski definition) is 2. The Hall–Kier alpha value is -2.07. The minimum Gasteiger partial charge on any atom is -0.399 e. The molecule has 0 saturated carbocycles. The first kappa shape index (κ1) is 11.0. The largest absolute Gasteiger partial charge is 0.399 e. The minimum absolute atomic E-state index is 0.345. The smallest absolute Gasteiger partial charge is 0.141 e. The van der Waals surface area contributed by atoms with Crippen LogP contribution in [0.15, 0.2) is 36.4 Å². The number of rotatable bonds is 1. The lowest BCUT2D eigenvalue weighted by molar-refractivity contribution is 0.630. The zero-order valence-corrected chi connectivity index (χ0v) is 10.0. The van der Waals surface area contributed by atoms with Crippen LogP contribution in [0.4, 0.5) is 10.1 Å². The molecule has 5 heteroatoms. The number of aromatic nitrogens is 2. The third-order valence-corrected chi connectivity index (χ3v) is 2.92. The van der Waals surface area contributed by atoms with Crippen LogP contribution >= 0.6 is 11.6 Å². The Balaban J connectivity index is 2.22.